The molecular formula is C13H20ClN5O3. The number of likely N-dealkylation sites (N-methyl/N-ethyl adjacent to an activating group) is 1. The van der Waals surface area contributed by atoms with E-state index in [0.717, 1.165) is 12.8 Å². The van der Waals surface area contributed by atoms with Crippen molar-refractivity contribution >= 4 is 24.1 Å². The van der Waals surface area contributed by atoms with Gasteiger partial charge in [0, 0.05) is 25.2 Å². The van der Waals surface area contributed by atoms with Gasteiger partial charge in [-0.1, -0.05) is 0 Å². The van der Waals surface area contributed by atoms with Crippen LogP contribution in [0.25, 0.3) is 0 Å². The number of hydrogen-bond donors (Lipinski definition) is 1. The minimum absolute atomic E-state index is 0. The molecule has 1 aromatic heterocycles. The van der Waals surface area contributed by atoms with Gasteiger partial charge in [0.1, 0.15) is 6.54 Å². The van der Waals surface area contributed by atoms with Gasteiger partial charge in [-0.25, -0.2) is 0 Å². The average Bonchev–Trinajstić information content (AvgIpc) is 3.04. The molecule has 2 saturated heterocycles. The summed E-state index contributed by atoms with van der Waals surface area (Å²) in [6.07, 6.45) is 5.81. The van der Waals surface area contributed by atoms with Crippen LogP contribution < -0.4 is 5.32 Å². The van der Waals surface area contributed by atoms with E-state index in [2.05, 4.69) is 10.4 Å². The monoisotopic (exact) mass is 329 g/mol. The van der Waals surface area contributed by atoms with E-state index in [0.29, 0.717) is 12.1 Å². The third-order valence-corrected chi connectivity index (χ3v) is 4.50. The lowest BCUT2D eigenvalue weighted by Gasteiger charge is -2.35. The van der Waals surface area contributed by atoms with E-state index < -0.39 is 4.92 Å². The highest BCUT2D eigenvalue weighted by atomic mass is 35.5. The van der Waals surface area contributed by atoms with Crippen LogP contribution in [-0.2, 0) is 11.3 Å². The van der Waals surface area contributed by atoms with Gasteiger partial charge in [-0.15, -0.1) is 12.4 Å². The van der Waals surface area contributed by atoms with Crippen molar-refractivity contribution in [1.82, 2.24) is 20.0 Å². The number of amides is 1. The second-order valence-corrected chi connectivity index (χ2v) is 5.90. The van der Waals surface area contributed by atoms with Crippen LogP contribution in [0.3, 0.4) is 0 Å². The number of carbonyl (C=O) groups excluding carboxylic acids is 1. The number of nitrogens with zero attached hydrogens (tertiary/aromatic N) is 4. The summed E-state index contributed by atoms with van der Waals surface area (Å²) in [6, 6.07) is 2.60. The number of nitro groups is 1. The Labute approximate surface area is 134 Å². The Morgan fingerprint density at radius 2 is 2.14 bits per heavy atom. The van der Waals surface area contributed by atoms with Crippen molar-refractivity contribution in [3.8, 4) is 0 Å². The van der Waals surface area contributed by atoms with Gasteiger partial charge in [-0.2, -0.15) is 4.68 Å². The Balaban J connectivity index is 0.00000176. The molecule has 0 aliphatic carbocycles. The second kappa shape index (κ2) is 6.62. The number of aromatic nitrogens is 2. The molecule has 1 N–H and O–H groups in total. The predicted octanol–water partition coefficient (Wildman–Crippen LogP) is 0.954. The Morgan fingerprint density at radius 3 is 2.68 bits per heavy atom. The standard InChI is InChI=1S/C13H19N5O3.ClH/c1-16(11-6-9-2-3-10(7-11)14-9)13(19)8-17-5-4-12(15-17)18(20)21;/h4-5,9-11,14H,2-3,6-8H2,1H3;1H. The van der Waals surface area contributed by atoms with Crippen molar-refractivity contribution in [2.45, 2.75) is 50.4 Å². The van der Waals surface area contributed by atoms with Crippen LogP contribution in [0.4, 0.5) is 5.82 Å². The van der Waals surface area contributed by atoms with E-state index in [1.54, 1.807) is 4.90 Å². The Hall–Kier alpha value is -1.67. The number of halogens is 1. The summed E-state index contributed by atoms with van der Waals surface area (Å²) in [5.41, 5.74) is 0. The summed E-state index contributed by atoms with van der Waals surface area (Å²) in [6.45, 7) is 0.0452. The van der Waals surface area contributed by atoms with E-state index in [9.17, 15) is 14.9 Å². The third kappa shape index (κ3) is 3.38. The normalized spacial score (nSPS) is 26.3. The van der Waals surface area contributed by atoms with Gasteiger partial charge < -0.3 is 20.3 Å². The average molecular weight is 330 g/mol. The van der Waals surface area contributed by atoms with Crippen molar-refractivity contribution < 1.29 is 9.72 Å². The van der Waals surface area contributed by atoms with Crippen molar-refractivity contribution in [3.63, 3.8) is 0 Å². The van der Waals surface area contributed by atoms with Gasteiger partial charge in [0.2, 0.25) is 5.91 Å². The first kappa shape index (κ1) is 16.7. The number of hydrogen-bond acceptors (Lipinski definition) is 5. The first-order chi connectivity index (χ1) is 10.0. The lowest BCUT2D eigenvalue weighted by Crippen LogP contribution is -2.49. The third-order valence-electron chi connectivity index (χ3n) is 4.50. The van der Waals surface area contributed by atoms with Crippen LogP contribution in [0.15, 0.2) is 12.3 Å². The molecule has 0 radical (unpaired) electrons. The Bertz CT molecular complexity index is 552. The molecule has 0 saturated carbocycles. The quantitative estimate of drug-likeness (QED) is 0.656. The Kier molecular flexibility index (Phi) is 5.02. The highest BCUT2D eigenvalue weighted by Gasteiger charge is 2.36. The molecule has 1 aromatic rings. The zero-order valence-electron chi connectivity index (χ0n) is 12.3. The molecule has 3 rings (SSSR count). The lowest BCUT2D eigenvalue weighted by atomic mass is 9.98. The molecule has 2 aliphatic rings. The number of rotatable bonds is 4. The summed E-state index contributed by atoms with van der Waals surface area (Å²) in [4.78, 5) is 24.1. The molecule has 0 spiro atoms. The number of fused-ring (bicyclic) bond motifs is 2. The summed E-state index contributed by atoms with van der Waals surface area (Å²) in [5, 5.41) is 17.9. The van der Waals surface area contributed by atoms with E-state index in [4.69, 9.17) is 0 Å². The highest BCUT2D eigenvalue weighted by Crippen LogP contribution is 2.29. The van der Waals surface area contributed by atoms with Crippen LogP contribution in [0.5, 0.6) is 0 Å². The van der Waals surface area contributed by atoms with Crippen molar-refractivity contribution in [1.29, 1.82) is 0 Å². The van der Waals surface area contributed by atoms with Crippen molar-refractivity contribution in [2.24, 2.45) is 0 Å². The van der Waals surface area contributed by atoms with Crippen LogP contribution in [-0.4, -0.2) is 50.7 Å². The lowest BCUT2D eigenvalue weighted by molar-refractivity contribution is -0.389. The molecule has 1 amide bonds. The minimum Gasteiger partial charge on any atom is -0.358 e. The van der Waals surface area contributed by atoms with Gasteiger partial charge in [-0.05, 0) is 30.6 Å². The molecule has 2 fully saturated rings. The fourth-order valence-corrected chi connectivity index (χ4v) is 3.33. The molecule has 8 nitrogen and oxygen atoms in total. The van der Waals surface area contributed by atoms with Gasteiger partial charge in [0.15, 0.2) is 0 Å². The largest absolute Gasteiger partial charge is 0.389 e. The second-order valence-electron chi connectivity index (χ2n) is 5.90. The van der Waals surface area contributed by atoms with Crippen molar-refractivity contribution in [3.05, 3.63) is 22.4 Å². The van der Waals surface area contributed by atoms with Crippen LogP contribution in [0.1, 0.15) is 25.7 Å². The molecule has 2 atom stereocenters. The maximum Gasteiger partial charge on any atom is 0.389 e. The van der Waals surface area contributed by atoms with Crippen molar-refractivity contribution in [2.75, 3.05) is 7.05 Å². The smallest absolute Gasteiger partial charge is 0.358 e. The molecule has 2 unspecified atom stereocenters. The fraction of sp³-hybridized carbons (Fsp3) is 0.692. The molecule has 22 heavy (non-hydrogen) atoms. The van der Waals surface area contributed by atoms with E-state index in [1.807, 2.05) is 7.05 Å². The Morgan fingerprint density at radius 1 is 1.50 bits per heavy atom. The molecule has 2 aliphatic heterocycles. The van der Waals surface area contributed by atoms with Crippen LogP contribution >= 0.6 is 12.4 Å². The zero-order valence-corrected chi connectivity index (χ0v) is 13.2. The van der Waals surface area contributed by atoms with E-state index in [1.165, 1.54) is 29.8 Å². The molecule has 2 bridgehead atoms. The van der Waals surface area contributed by atoms with Gasteiger partial charge in [-0.3, -0.25) is 4.79 Å². The topological polar surface area (TPSA) is 93.3 Å². The summed E-state index contributed by atoms with van der Waals surface area (Å²) in [7, 11) is 1.82. The van der Waals surface area contributed by atoms with Gasteiger partial charge in [0.05, 0.1) is 17.4 Å². The van der Waals surface area contributed by atoms with Gasteiger partial charge in [0.25, 0.3) is 0 Å². The predicted molar refractivity (Wildman–Crippen MR) is 81.9 cm³/mol. The number of carbonyl (C=O) groups is 1. The maximum absolute atomic E-state index is 12.3. The minimum atomic E-state index is -0.560. The fourth-order valence-electron chi connectivity index (χ4n) is 3.33. The first-order valence-corrected chi connectivity index (χ1v) is 7.22. The van der Waals surface area contributed by atoms with E-state index >= 15 is 0 Å². The highest BCUT2D eigenvalue weighted by molar-refractivity contribution is 5.85. The summed E-state index contributed by atoms with van der Waals surface area (Å²) < 4.78 is 1.33. The summed E-state index contributed by atoms with van der Waals surface area (Å²) >= 11 is 0. The molecule has 0 aromatic carbocycles. The number of piperidine rings is 1. The first-order valence-electron chi connectivity index (χ1n) is 7.22. The molecular weight excluding hydrogens is 310 g/mol. The molecule has 122 valence electrons. The summed E-state index contributed by atoms with van der Waals surface area (Å²) in [5.74, 6) is -0.287. The van der Waals surface area contributed by atoms with Crippen LogP contribution in [0, 0.1) is 10.1 Å². The van der Waals surface area contributed by atoms with E-state index in [-0.39, 0.29) is 36.7 Å². The zero-order chi connectivity index (χ0) is 15.0. The number of nitrogens with one attached hydrogen (secondary N) is 1. The SMILES string of the molecule is CN(C(=O)Cn1ccc([N+](=O)[O-])n1)C1CC2CCC(C1)N2.Cl. The van der Waals surface area contributed by atoms with Gasteiger partial charge >= 0.3 is 5.82 Å². The molecule has 3 heterocycles. The van der Waals surface area contributed by atoms with Crippen LogP contribution in [0.2, 0.25) is 0 Å². The maximum atomic E-state index is 12.3. The molecule has 9 heteroatoms.